The van der Waals surface area contributed by atoms with Crippen LogP contribution in [0.3, 0.4) is 0 Å². The van der Waals surface area contributed by atoms with Crippen molar-refractivity contribution in [1.82, 2.24) is 0 Å². The second-order valence-electron chi connectivity index (χ2n) is 2.91. The van der Waals surface area contributed by atoms with E-state index in [2.05, 4.69) is 0 Å². The molecule has 0 radical (unpaired) electrons. The molecule has 0 saturated carbocycles. The number of benzene rings is 2. The van der Waals surface area contributed by atoms with Crippen molar-refractivity contribution in [2.45, 2.75) is 0 Å². The van der Waals surface area contributed by atoms with Crippen molar-refractivity contribution in [2.75, 3.05) is 5.73 Å². The lowest BCUT2D eigenvalue weighted by Gasteiger charge is -2.01. The molecule has 0 aliphatic rings. The minimum atomic E-state index is -0.366. The molecule has 66 valence electrons. The molecule has 0 unspecified atom stereocenters. The van der Waals surface area contributed by atoms with Gasteiger partial charge in [0, 0.05) is 11.1 Å². The first-order valence-electron chi connectivity index (χ1n) is 3.84. The molecule has 2 aromatic rings. The second kappa shape index (κ2) is 2.62. The van der Waals surface area contributed by atoms with E-state index >= 15 is 0 Å². The van der Waals surface area contributed by atoms with E-state index < -0.39 is 0 Å². The molecule has 3 heteroatoms. The first-order chi connectivity index (χ1) is 6.16. The number of hydrogen-bond donors (Lipinski definition) is 2. The van der Waals surface area contributed by atoms with Crippen molar-refractivity contribution in [1.29, 1.82) is 0 Å². The summed E-state index contributed by atoms with van der Waals surface area (Å²) in [5.74, 6) is -0.257. The van der Waals surface area contributed by atoms with Crippen molar-refractivity contribution < 1.29 is 9.50 Å². The average molecular weight is 177 g/mol. The molecule has 0 aliphatic carbocycles. The first kappa shape index (κ1) is 7.86. The van der Waals surface area contributed by atoms with Gasteiger partial charge in [0.05, 0.1) is 0 Å². The number of phenolic OH excluding ortho intramolecular Hbond substituents is 1. The summed E-state index contributed by atoms with van der Waals surface area (Å²) in [6.45, 7) is 0. The number of aromatic hydroxyl groups is 1. The number of nitrogens with two attached hydrogens (primary N) is 1. The Morgan fingerprint density at radius 3 is 2.69 bits per heavy atom. The highest BCUT2D eigenvalue weighted by molar-refractivity contribution is 5.87. The number of halogens is 1. The molecular formula is C10H8FNO. The highest BCUT2D eigenvalue weighted by Gasteiger charge is 2.02. The second-order valence-corrected chi connectivity index (χ2v) is 2.91. The standard InChI is InChI=1S/C10H8FNO/c11-10-5-7(12)3-6-4-8(13)1-2-9(6)10/h1-5,13H,12H2. The van der Waals surface area contributed by atoms with Crippen molar-refractivity contribution in [3.8, 4) is 5.75 Å². The fourth-order valence-electron chi connectivity index (χ4n) is 1.33. The maximum atomic E-state index is 13.2. The smallest absolute Gasteiger partial charge is 0.133 e. The van der Waals surface area contributed by atoms with Gasteiger partial charge >= 0.3 is 0 Å². The average Bonchev–Trinajstić information content (AvgIpc) is 2.02. The van der Waals surface area contributed by atoms with Crippen LogP contribution in [0.5, 0.6) is 5.75 Å². The zero-order valence-electron chi connectivity index (χ0n) is 6.79. The van der Waals surface area contributed by atoms with Gasteiger partial charge in [-0.1, -0.05) is 0 Å². The Morgan fingerprint density at radius 2 is 1.92 bits per heavy atom. The van der Waals surface area contributed by atoms with Crippen molar-refractivity contribution in [3.05, 3.63) is 36.1 Å². The lowest BCUT2D eigenvalue weighted by molar-refractivity contribution is 0.476. The van der Waals surface area contributed by atoms with Gasteiger partial charge in [-0.25, -0.2) is 4.39 Å². The van der Waals surface area contributed by atoms with E-state index in [1.807, 2.05) is 0 Å². The summed E-state index contributed by atoms with van der Waals surface area (Å²) in [5.41, 5.74) is 5.81. The van der Waals surface area contributed by atoms with Crippen LogP contribution in [0.25, 0.3) is 10.8 Å². The van der Waals surface area contributed by atoms with Gasteiger partial charge in [0.1, 0.15) is 11.6 Å². The molecular weight excluding hydrogens is 169 g/mol. The van der Waals surface area contributed by atoms with Gasteiger partial charge in [-0.3, -0.25) is 0 Å². The number of anilines is 1. The molecule has 0 fully saturated rings. The molecule has 3 N–H and O–H groups in total. The summed E-state index contributed by atoms with van der Waals surface area (Å²) in [5, 5.41) is 10.2. The van der Waals surface area contributed by atoms with E-state index in [1.165, 1.54) is 24.3 Å². The molecule has 2 rings (SSSR count). The first-order valence-corrected chi connectivity index (χ1v) is 3.84. The minimum absolute atomic E-state index is 0.109. The Bertz CT molecular complexity index is 462. The van der Waals surface area contributed by atoms with E-state index in [0.29, 0.717) is 16.5 Å². The number of fused-ring (bicyclic) bond motifs is 1. The molecule has 0 aromatic heterocycles. The Labute approximate surface area is 74.4 Å². The van der Waals surface area contributed by atoms with Crippen LogP contribution in [0.4, 0.5) is 10.1 Å². The van der Waals surface area contributed by atoms with Crippen LogP contribution in [0.15, 0.2) is 30.3 Å². The summed E-state index contributed by atoms with van der Waals surface area (Å²) in [6, 6.07) is 7.34. The third-order valence-electron chi connectivity index (χ3n) is 1.91. The van der Waals surface area contributed by atoms with Crippen LogP contribution in [-0.4, -0.2) is 5.11 Å². The van der Waals surface area contributed by atoms with Crippen molar-refractivity contribution >= 4 is 16.5 Å². The SMILES string of the molecule is Nc1cc(F)c2ccc(O)cc2c1. The van der Waals surface area contributed by atoms with Crippen LogP contribution < -0.4 is 5.73 Å². The Kier molecular flexibility index (Phi) is 1.59. The molecule has 0 amide bonds. The summed E-state index contributed by atoms with van der Waals surface area (Å²) in [6.07, 6.45) is 0. The maximum Gasteiger partial charge on any atom is 0.133 e. The van der Waals surface area contributed by atoms with Crippen LogP contribution in [0, 0.1) is 5.82 Å². The molecule has 0 atom stereocenters. The molecule has 2 nitrogen and oxygen atoms in total. The van der Waals surface area contributed by atoms with E-state index in [9.17, 15) is 4.39 Å². The molecule has 0 heterocycles. The van der Waals surface area contributed by atoms with Gasteiger partial charge in [-0.15, -0.1) is 0 Å². The van der Waals surface area contributed by atoms with Gasteiger partial charge in [0.2, 0.25) is 0 Å². The summed E-state index contributed by atoms with van der Waals surface area (Å²) >= 11 is 0. The van der Waals surface area contributed by atoms with Crippen LogP contribution in [0.2, 0.25) is 0 Å². The zero-order chi connectivity index (χ0) is 9.42. The Hall–Kier alpha value is -1.77. The highest BCUT2D eigenvalue weighted by atomic mass is 19.1. The van der Waals surface area contributed by atoms with Gasteiger partial charge in [0.15, 0.2) is 0 Å². The molecule has 0 spiro atoms. The summed E-state index contributed by atoms with van der Waals surface area (Å²) in [4.78, 5) is 0. The third kappa shape index (κ3) is 1.28. The number of phenols is 1. The number of rotatable bonds is 0. The topological polar surface area (TPSA) is 46.2 Å². The molecule has 0 aliphatic heterocycles. The minimum Gasteiger partial charge on any atom is -0.508 e. The van der Waals surface area contributed by atoms with Crippen LogP contribution >= 0.6 is 0 Å². The van der Waals surface area contributed by atoms with Crippen molar-refractivity contribution in [2.24, 2.45) is 0 Å². The molecule has 2 aromatic carbocycles. The predicted octanol–water partition coefficient (Wildman–Crippen LogP) is 2.27. The number of nitrogen functional groups attached to an aromatic ring is 1. The summed E-state index contributed by atoms with van der Waals surface area (Å²) in [7, 11) is 0. The lowest BCUT2D eigenvalue weighted by Crippen LogP contribution is -1.87. The fraction of sp³-hybridized carbons (Fsp3) is 0. The fourth-order valence-corrected chi connectivity index (χ4v) is 1.33. The van der Waals surface area contributed by atoms with Gasteiger partial charge < -0.3 is 10.8 Å². The zero-order valence-corrected chi connectivity index (χ0v) is 6.79. The van der Waals surface area contributed by atoms with Crippen LogP contribution in [-0.2, 0) is 0 Å². The Morgan fingerprint density at radius 1 is 1.15 bits per heavy atom. The van der Waals surface area contributed by atoms with E-state index in [1.54, 1.807) is 6.07 Å². The maximum absolute atomic E-state index is 13.2. The third-order valence-corrected chi connectivity index (χ3v) is 1.91. The Balaban J connectivity index is 2.86. The molecule has 0 saturated heterocycles. The lowest BCUT2D eigenvalue weighted by atomic mass is 10.1. The highest BCUT2D eigenvalue weighted by Crippen LogP contribution is 2.24. The van der Waals surface area contributed by atoms with Crippen molar-refractivity contribution in [3.63, 3.8) is 0 Å². The quantitative estimate of drug-likeness (QED) is 0.606. The monoisotopic (exact) mass is 177 g/mol. The van der Waals surface area contributed by atoms with Gasteiger partial charge in [0.25, 0.3) is 0 Å². The molecule has 0 bridgehead atoms. The van der Waals surface area contributed by atoms with E-state index in [0.717, 1.165) is 0 Å². The van der Waals surface area contributed by atoms with Gasteiger partial charge in [-0.2, -0.15) is 0 Å². The normalized spacial score (nSPS) is 10.5. The van der Waals surface area contributed by atoms with Gasteiger partial charge in [-0.05, 0) is 35.7 Å². The van der Waals surface area contributed by atoms with Crippen LogP contribution in [0.1, 0.15) is 0 Å². The largest absolute Gasteiger partial charge is 0.508 e. The van der Waals surface area contributed by atoms with E-state index in [-0.39, 0.29) is 11.6 Å². The summed E-state index contributed by atoms with van der Waals surface area (Å²) < 4.78 is 13.2. The number of hydrogen-bond acceptors (Lipinski definition) is 2. The predicted molar refractivity (Wildman–Crippen MR) is 50.0 cm³/mol. The molecule has 13 heavy (non-hydrogen) atoms. The van der Waals surface area contributed by atoms with E-state index in [4.69, 9.17) is 10.8 Å².